The van der Waals surface area contributed by atoms with Gasteiger partial charge in [-0.15, -0.1) is 0 Å². The van der Waals surface area contributed by atoms with Gasteiger partial charge < -0.3 is 14.2 Å². The monoisotopic (exact) mass is 310 g/mol. The molecular weight excluding hydrogens is 288 g/mol. The highest BCUT2D eigenvalue weighted by molar-refractivity contribution is 5.91. The molecule has 22 heavy (non-hydrogen) atoms. The molecule has 0 amide bonds. The highest BCUT2D eigenvalue weighted by Crippen LogP contribution is 2.73. The van der Waals surface area contributed by atoms with E-state index in [0.717, 1.165) is 0 Å². The van der Waals surface area contributed by atoms with E-state index in [0.29, 0.717) is 13.0 Å². The number of Topliss-reactive ketones (excluding diaryl/α,β-unsaturated/α-hetero) is 1. The molecule has 122 valence electrons. The maximum Gasteiger partial charge on any atom is 0.303 e. The molecule has 1 heterocycles. The Morgan fingerprint density at radius 2 is 1.86 bits per heavy atom. The number of esters is 2. The van der Waals surface area contributed by atoms with E-state index in [-0.39, 0.29) is 42.2 Å². The summed E-state index contributed by atoms with van der Waals surface area (Å²) in [5.41, 5.74) is -1.27. The van der Waals surface area contributed by atoms with Gasteiger partial charge in [-0.05, 0) is 18.3 Å². The topological polar surface area (TPSA) is 78.9 Å². The molecule has 3 rings (SSSR count). The first-order chi connectivity index (χ1) is 10.3. The van der Waals surface area contributed by atoms with Crippen LogP contribution in [-0.4, -0.2) is 42.6 Å². The molecule has 6 nitrogen and oxygen atoms in total. The Balaban J connectivity index is 1.86. The minimum absolute atomic E-state index is 0.0652. The quantitative estimate of drug-likeness (QED) is 0.724. The smallest absolute Gasteiger partial charge is 0.303 e. The maximum atomic E-state index is 12.7. The summed E-state index contributed by atoms with van der Waals surface area (Å²) in [7, 11) is 0. The number of ether oxygens (including phenoxy) is 3. The Hall–Kier alpha value is -1.43. The lowest BCUT2D eigenvalue weighted by Crippen LogP contribution is -2.69. The summed E-state index contributed by atoms with van der Waals surface area (Å²) >= 11 is 0. The lowest BCUT2D eigenvalue weighted by molar-refractivity contribution is -0.291. The van der Waals surface area contributed by atoms with E-state index in [9.17, 15) is 14.4 Å². The van der Waals surface area contributed by atoms with E-state index in [2.05, 4.69) is 0 Å². The van der Waals surface area contributed by atoms with E-state index in [1.165, 1.54) is 13.8 Å². The number of hydrogen-bond acceptors (Lipinski definition) is 6. The van der Waals surface area contributed by atoms with E-state index in [4.69, 9.17) is 14.2 Å². The van der Waals surface area contributed by atoms with Crippen LogP contribution in [-0.2, 0) is 28.6 Å². The summed E-state index contributed by atoms with van der Waals surface area (Å²) in [5, 5.41) is 0. The molecule has 0 bridgehead atoms. The fourth-order valence-corrected chi connectivity index (χ4v) is 4.91. The summed E-state index contributed by atoms with van der Waals surface area (Å²) in [6, 6.07) is 0. The van der Waals surface area contributed by atoms with Crippen LogP contribution in [0, 0.1) is 23.2 Å². The number of fused-ring (bicyclic) bond motifs is 2. The van der Waals surface area contributed by atoms with Crippen molar-refractivity contribution in [2.24, 2.45) is 23.2 Å². The van der Waals surface area contributed by atoms with Crippen LogP contribution in [0.5, 0.6) is 0 Å². The van der Waals surface area contributed by atoms with Gasteiger partial charge in [-0.25, -0.2) is 0 Å². The normalized spacial score (nSPS) is 44.9. The second-order valence-corrected chi connectivity index (χ2v) is 6.84. The molecule has 1 aliphatic heterocycles. The summed E-state index contributed by atoms with van der Waals surface area (Å²) in [6.45, 7) is 6.80. The predicted octanol–water partition coefficient (Wildman–Crippen LogP) is 1.11. The van der Waals surface area contributed by atoms with Crippen LogP contribution in [0.1, 0.15) is 34.1 Å². The summed E-state index contributed by atoms with van der Waals surface area (Å²) in [6.07, 6.45) is 0.584. The molecule has 2 aliphatic carbocycles. The van der Waals surface area contributed by atoms with Crippen molar-refractivity contribution in [2.75, 3.05) is 13.2 Å². The van der Waals surface area contributed by atoms with Crippen molar-refractivity contribution >= 4 is 17.7 Å². The second kappa shape index (κ2) is 4.78. The van der Waals surface area contributed by atoms with Crippen molar-refractivity contribution in [2.45, 2.75) is 45.8 Å². The van der Waals surface area contributed by atoms with Crippen LogP contribution in [0.25, 0.3) is 0 Å². The highest BCUT2D eigenvalue weighted by Gasteiger charge is 2.79. The molecule has 0 N–H and O–H groups in total. The van der Waals surface area contributed by atoms with Crippen LogP contribution < -0.4 is 0 Å². The SMILES string of the molecule is CC(=O)OCC(=O)C12C(C[C@H]3OC[C@@]3(OC(C)=O)C1C)[C@@H]2C. The molecule has 6 heteroatoms. The molecule has 3 fully saturated rings. The fraction of sp³-hybridized carbons (Fsp3) is 0.812. The zero-order valence-electron chi connectivity index (χ0n) is 13.4. The van der Waals surface area contributed by atoms with Gasteiger partial charge in [-0.1, -0.05) is 13.8 Å². The van der Waals surface area contributed by atoms with Crippen LogP contribution in [0.2, 0.25) is 0 Å². The van der Waals surface area contributed by atoms with E-state index < -0.39 is 17.0 Å². The molecule has 2 saturated carbocycles. The van der Waals surface area contributed by atoms with Crippen molar-refractivity contribution < 1.29 is 28.6 Å². The van der Waals surface area contributed by atoms with Gasteiger partial charge in [0.25, 0.3) is 0 Å². The van der Waals surface area contributed by atoms with E-state index in [1.54, 1.807) is 0 Å². The Labute approximate surface area is 129 Å². The zero-order chi connectivity index (χ0) is 16.3. The molecule has 0 aromatic heterocycles. The average Bonchev–Trinajstić information content (AvgIpc) is 3.02. The van der Waals surface area contributed by atoms with Gasteiger partial charge in [-0.3, -0.25) is 14.4 Å². The Morgan fingerprint density at radius 3 is 2.36 bits per heavy atom. The Morgan fingerprint density at radius 1 is 1.18 bits per heavy atom. The largest absolute Gasteiger partial charge is 0.458 e. The number of hydrogen-bond donors (Lipinski definition) is 0. The third-order valence-corrected chi connectivity index (χ3v) is 6.06. The van der Waals surface area contributed by atoms with E-state index >= 15 is 0 Å². The van der Waals surface area contributed by atoms with Crippen molar-refractivity contribution in [3.63, 3.8) is 0 Å². The minimum atomic E-state index is -0.709. The third kappa shape index (κ3) is 1.79. The summed E-state index contributed by atoms with van der Waals surface area (Å²) < 4.78 is 16.1. The molecule has 6 atom stereocenters. The standard InChI is InChI=1S/C16H22O6/c1-8-12-5-14-15(7-21-14,22-11(4)18)9(2)16(8,12)13(19)6-20-10(3)17/h8-9,12,14H,5-7H2,1-4H3/t8-,9?,12?,14+,15+,16?/m0/s1. The number of carbonyl (C=O) groups is 3. The van der Waals surface area contributed by atoms with Crippen LogP contribution in [0.15, 0.2) is 0 Å². The molecule has 0 radical (unpaired) electrons. The first kappa shape index (κ1) is 15.5. The predicted molar refractivity (Wildman–Crippen MR) is 74.7 cm³/mol. The van der Waals surface area contributed by atoms with E-state index in [1.807, 2.05) is 13.8 Å². The fourth-order valence-electron chi connectivity index (χ4n) is 4.91. The van der Waals surface area contributed by atoms with Gasteiger partial charge in [0.2, 0.25) is 0 Å². The van der Waals surface area contributed by atoms with Gasteiger partial charge in [-0.2, -0.15) is 0 Å². The van der Waals surface area contributed by atoms with Crippen molar-refractivity contribution in [3.05, 3.63) is 0 Å². The van der Waals surface area contributed by atoms with Crippen molar-refractivity contribution in [3.8, 4) is 0 Å². The molecule has 3 aliphatic rings. The number of carbonyl (C=O) groups excluding carboxylic acids is 3. The molecule has 0 aromatic carbocycles. The lowest BCUT2D eigenvalue weighted by Gasteiger charge is -2.56. The summed E-state index contributed by atoms with van der Waals surface area (Å²) in [5.74, 6) is -0.622. The van der Waals surface area contributed by atoms with Gasteiger partial charge in [0.1, 0.15) is 6.10 Å². The van der Waals surface area contributed by atoms with Crippen molar-refractivity contribution in [1.29, 1.82) is 0 Å². The Kier molecular flexibility index (Phi) is 3.36. The number of ketones is 1. The highest BCUT2D eigenvalue weighted by atomic mass is 16.6. The first-order valence-electron chi connectivity index (χ1n) is 7.74. The molecule has 3 unspecified atom stereocenters. The average molecular weight is 310 g/mol. The molecule has 0 spiro atoms. The Bertz CT molecular complexity index is 543. The van der Waals surface area contributed by atoms with Gasteiger partial charge in [0.05, 0.1) is 6.61 Å². The maximum absolute atomic E-state index is 12.7. The number of rotatable bonds is 4. The molecular formula is C16H22O6. The van der Waals surface area contributed by atoms with Gasteiger partial charge in [0.15, 0.2) is 18.0 Å². The molecule has 1 saturated heterocycles. The third-order valence-electron chi connectivity index (χ3n) is 6.06. The van der Waals surface area contributed by atoms with Gasteiger partial charge >= 0.3 is 11.9 Å². The van der Waals surface area contributed by atoms with Crippen LogP contribution in [0.4, 0.5) is 0 Å². The first-order valence-corrected chi connectivity index (χ1v) is 7.74. The zero-order valence-corrected chi connectivity index (χ0v) is 13.4. The summed E-state index contributed by atoms with van der Waals surface area (Å²) in [4.78, 5) is 35.2. The van der Waals surface area contributed by atoms with Crippen LogP contribution >= 0.6 is 0 Å². The lowest BCUT2D eigenvalue weighted by atomic mass is 9.63. The van der Waals surface area contributed by atoms with Gasteiger partial charge in [0, 0.05) is 25.2 Å². The minimum Gasteiger partial charge on any atom is -0.458 e. The van der Waals surface area contributed by atoms with Crippen molar-refractivity contribution in [1.82, 2.24) is 0 Å². The molecule has 0 aromatic rings. The van der Waals surface area contributed by atoms with Crippen LogP contribution in [0.3, 0.4) is 0 Å². The second-order valence-electron chi connectivity index (χ2n) is 6.84.